The molecule has 0 saturated carbocycles. The van der Waals surface area contributed by atoms with Crippen molar-refractivity contribution >= 4 is 43.0 Å². The molecule has 0 aromatic rings. The molecule has 0 saturated heterocycles. The molecule has 0 rings (SSSR count). The molecule has 152 valence electrons. The standard InChI is InChI=1S/C10H16N2O8.CH2O.Fe.H2O2S/c13-7(14)3-11(4-8(15)16)1-2-12(5-9(17)18)6-10(19)20;1-2;;1-3-2/h1-6H2,(H,13,14)(H,15,16)(H,17,18)(H,19,20);1H2;;1-2H/q;;+2;/p-2. The maximum atomic E-state index is 10.6. The van der Waals surface area contributed by atoms with Gasteiger partial charge in [-0.05, 0) is 0 Å². The van der Waals surface area contributed by atoms with Crippen molar-refractivity contribution in [2.24, 2.45) is 0 Å². The van der Waals surface area contributed by atoms with Crippen molar-refractivity contribution in [2.45, 2.75) is 0 Å². The van der Waals surface area contributed by atoms with Crippen LogP contribution in [0.25, 0.3) is 0 Å². The number of hydrogen-bond donors (Lipinski definition) is 4. The fourth-order valence-electron chi connectivity index (χ4n) is 1.48. The van der Waals surface area contributed by atoms with E-state index in [-0.39, 0.29) is 30.2 Å². The smallest absolute Gasteiger partial charge is 0.811 e. The Labute approximate surface area is 163 Å². The van der Waals surface area contributed by atoms with Crippen molar-refractivity contribution in [1.82, 2.24) is 9.80 Å². The molecule has 0 heterocycles. The minimum absolute atomic E-state index is 0. The van der Waals surface area contributed by atoms with Gasteiger partial charge in [0.1, 0.15) is 6.79 Å². The summed E-state index contributed by atoms with van der Waals surface area (Å²) in [4.78, 5) is 52.4. The van der Waals surface area contributed by atoms with E-state index in [4.69, 9.17) is 34.3 Å². The Kier molecular flexibility index (Phi) is 26.2. The van der Waals surface area contributed by atoms with E-state index in [1.807, 2.05) is 6.79 Å². The van der Waals surface area contributed by atoms with Crippen LogP contribution in [0.1, 0.15) is 0 Å². The van der Waals surface area contributed by atoms with Crippen LogP contribution in [-0.2, 0) is 41.0 Å². The average molecular weight is 442 g/mol. The zero-order valence-electron chi connectivity index (χ0n) is 13.3. The average Bonchev–Trinajstić information content (AvgIpc) is 2.45. The monoisotopic (exact) mass is 442 g/mol. The third-order valence-corrected chi connectivity index (χ3v) is 2.17. The first-order chi connectivity index (χ1) is 11.6. The van der Waals surface area contributed by atoms with Gasteiger partial charge in [0.15, 0.2) is 0 Å². The van der Waals surface area contributed by atoms with E-state index in [1.165, 1.54) is 0 Å². The third kappa shape index (κ3) is 27.1. The largest absolute Gasteiger partial charge is 2.00 e. The number of hydrogen-bond acceptors (Lipinski definition) is 10. The molecule has 0 fully saturated rings. The first-order valence-electron chi connectivity index (χ1n) is 6.14. The molecule has 0 aromatic carbocycles. The van der Waals surface area contributed by atoms with E-state index >= 15 is 0 Å². The van der Waals surface area contributed by atoms with Crippen LogP contribution in [-0.4, -0.2) is 109 Å². The van der Waals surface area contributed by atoms with Crippen LogP contribution in [0.2, 0.25) is 0 Å². The number of carboxylic acids is 4. The predicted molar refractivity (Wildman–Crippen MR) is 79.7 cm³/mol. The van der Waals surface area contributed by atoms with E-state index in [0.29, 0.717) is 0 Å². The zero-order valence-corrected chi connectivity index (χ0v) is 15.2. The van der Waals surface area contributed by atoms with Gasteiger partial charge in [0.05, 0.1) is 26.2 Å². The van der Waals surface area contributed by atoms with Gasteiger partial charge >= 0.3 is 40.9 Å². The molecule has 0 amide bonds. The van der Waals surface area contributed by atoms with Crippen LogP contribution >= 0.6 is 12.3 Å². The van der Waals surface area contributed by atoms with Crippen molar-refractivity contribution in [3.8, 4) is 0 Å². The van der Waals surface area contributed by atoms with Crippen molar-refractivity contribution in [2.75, 3.05) is 39.3 Å². The van der Waals surface area contributed by atoms with Gasteiger partial charge in [0, 0.05) is 13.1 Å². The summed E-state index contributed by atoms with van der Waals surface area (Å²) in [5.74, 6) is -4.91. The summed E-state index contributed by atoms with van der Waals surface area (Å²) in [5, 5.41) is 34.5. The van der Waals surface area contributed by atoms with Crippen LogP contribution in [0.4, 0.5) is 0 Å². The van der Waals surface area contributed by atoms with Crippen molar-refractivity contribution in [3.05, 3.63) is 0 Å². The van der Waals surface area contributed by atoms with Crippen molar-refractivity contribution < 1.29 is 70.6 Å². The normalized spacial score (nSPS) is 9.08. The molecule has 0 radical (unpaired) electrons. The van der Waals surface area contributed by atoms with Gasteiger partial charge in [-0.3, -0.25) is 29.0 Å². The number of carbonyl (C=O) groups excluding carboxylic acids is 1. The first kappa shape index (κ1) is 32.0. The maximum absolute atomic E-state index is 10.6. The molecule has 13 nitrogen and oxygen atoms in total. The summed E-state index contributed by atoms with van der Waals surface area (Å²) < 4.78 is 16.6. The summed E-state index contributed by atoms with van der Waals surface area (Å²) in [6, 6.07) is 0. The summed E-state index contributed by atoms with van der Waals surface area (Å²) in [5.41, 5.74) is 0. The quantitative estimate of drug-likeness (QED) is 0.196. The second-order valence-electron chi connectivity index (χ2n) is 4.06. The fraction of sp³-hybridized carbons (Fsp3) is 0.545. The maximum Gasteiger partial charge on any atom is 2.00 e. The molecule has 0 aliphatic rings. The molecule has 0 aliphatic heterocycles. The molecule has 0 spiro atoms. The molecule has 0 atom stereocenters. The molecular weight excluding hydrogens is 424 g/mol. The third-order valence-electron chi connectivity index (χ3n) is 2.17. The number of nitrogens with zero attached hydrogens (tertiary/aromatic N) is 2. The van der Waals surface area contributed by atoms with Crippen LogP contribution < -0.4 is 0 Å². The van der Waals surface area contributed by atoms with Gasteiger partial charge in [0.2, 0.25) is 0 Å². The van der Waals surface area contributed by atoms with Crippen molar-refractivity contribution in [3.63, 3.8) is 0 Å². The minimum atomic E-state index is -1.23. The minimum Gasteiger partial charge on any atom is -0.811 e. The summed E-state index contributed by atoms with van der Waals surface area (Å²) >= 11 is -0.750. The molecule has 26 heavy (non-hydrogen) atoms. The Balaban J connectivity index is -0.000000362. The summed E-state index contributed by atoms with van der Waals surface area (Å²) in [6.07, 6.45) is 0. The fourth-order valence-corrected chi connectivity index (χ4v) is 1.48. The molecule has 0 bridgehead atoms. The van der Waals surface area contributed by atoms with Crippen molar-refractivity contribution in [1.29, 1.82) is 0 Å². The molecule has 4 N–H and O–H groups in total. The van der Waals surface area contributed by atoms with Gasteiger partial charge in [-0.15, -0.1) is 0 Å². The Bertz CT molecular complexity index is 359. The van der Waals surface area contributed by atoms with E-state index in [2.05, 4.69) is 0 Å². The van der Waals surface area contributed by atoms with Gasteiger partial charge < -0.3 is 46.6 Å². The molecule has 15 heteroatoms. The van der Waals surface area contributed by atoms with E-state index in [1.54, 1.807) is 0 Å². The van der Waals surface area contributed by atoms with Gasteiger partial charge in [0.25, 0.3) is 0 Å². The van der Waals surface area contributed by atoms with Crippen LogP contribution in [0.3, 0.4) is 0 Å². The second kappa shape index (κ2) is 21.3. The van der Waals surface area contributed by atoms with Crippen LogP contribution in [0.15, 0.2) is 0 Å². The Morgan fingerprint density at radius 2 is 0.846 bits per heavy atom. The number of aliphatic carboxylic acids is 4. The number of carbonyl (C=O) groups is 5. The molecule has 0 aromatic heterocycles. The predicted octanol–water partition coefficient (Wildman–Crippen LogP) is -2.28. The van der Waals surface area contributed by atoms with E-state index in [0.717, 1.165) is 9.80 Å². The number of rotatable bonds is 11. The Morgan fingerprint density at radius 3 is 0.962 bits per heavy atom. The summed E-state index contributed by atoms with van der Waals surface area (Å²) in [7, 11) is 0. The Hall–Kier alpha value is -1.74. The molecular formula is C11H18FeN2O11S. The van der Waals surface area contributed by atoms with Gasteiger partial charge in [-0.25, -0.2) is 0 Å². The van der Waals surface area contributed by atoms with Gasteiger partial charge in [-0.1, -0.05) is 0 Å². The van der Waals surface area contributed by atoms with E-state index in [9.17, 15) is 19.2 Å². The number of carboxylic acid groups (broad SMARTS) is 4. The van der Waals surface area contributed by atoms with Crippen LogP contribution in [0, 0.1) is 0 Å². The van der Waals surface area contributed by atoms with Crippen LogP contribution in [0.5, 0.6) is 0 Å². The molecule has 0 aliphatic carbocycles. The van der Waals surface area contributed by atoms with E-state index < -0.39 is 62.4 Å². The second-order valence-corrected chi connectivity index (χ2v) is 4.20. The SMILES string of the molecule is C=O.O=C(O)CN(CCN(CC(=O)O)CC(=O)O)CC(=O)O.[Fe+2].[O-]S[O-]. The molecule has 0 unspecified atom stereocenters. The Morgan fingerprint density at radius 1 is 0.692 bits per heavy atom. The zero-order chi connectivity index (χ0) is 20.4. The van der Waals surface area contributed by atoms with Gasteiger partial charge in [-0.2, -0.15) is 0 Å². The summed E-state index contributed by atoms with van der Waals surface area (Å²) in [6.45, 7) is -0.251. The topological polar surface area (TPSA) is 219 Å². The first-order valence-corrected chi connectivity index (χ1v) is 6.81.